The molecule has 162 valence electrons. The number of amides is 4. The van der Waals surface area contributed by atoms with Gasteiger partial charge in [-0.05, 0) is 42.3 Å². The smallest absolute Gasteiger partial charge is 0.261 e. The van der Waals surface area contributed by atoms with Crippen molar-refractivity contribution in [1.29, 1.82) is 0 Å². The molecule has 3 rings (SSSR count). The number of carbonyl (C=O) groups excluding carboxylic acids is 4. The average Bonchev–Trinajstić information content (AvgIpc) is 3.00. The Bertz CT molecular complexity index is 1030. The van der Waals surface area contributed by atoms with Gasteiger partial charge >= 0.3 is 0 Å². The van der Waals surface area contributed by atoms with Crippen molar-refractivity contribution in [2.45, 2.75) is 13.8 Å². The summed E-state index contributed by atoms with van der Waals surface area (Å²) < 4.78 is 5.10. The van der Waals surface area contributed by atoms with Gasteiger partial charge in [-0.1, -0.05) is 19.9 Å². The average molecular weight is 423 g/mol. The largest absolute Gasteiger partial charge is 0.497 e. The zero-order valence-corrected chi connectivity index (χ0v) is 17.7. The maximum absolute atomic E-state index is 12.6. The van der Waals surface area contributed by atoms with Crippen LogP contribution >= 0.6 is 0 Å². The van der Waals surface area contributed by atoms with Gasteiger partial charge in [0.05, 0.1) is 18.2 Å². The number of benzene rings is 2. The molecule has 0 bridgehead atoms. The topological polar surface area (TPSA) is 105 Å². The van der Waals surface area contributed by atoms with E-state index in [0.717, 1.165) is 0 Å². The zero-order chi connectivity index (χ0) is 22.5. The molecule has 2 aromatic carbocycles. The van der Waals surface area contributed by atoms with Gasteiger partial charge in [-0.2, -0.15) is 0 Å². The molecule has 0 aromatic heterocycles. The first-order valence-corrected chi connectivity index (χ1v) is 10.0. The Labute approximate surface area is 180 Å². The third-order valence-electron chi connectivity index (χ3n) is 4.81. The maximum atomic E-state index is 12.6. The quantitative estimate of drug-likeness (QED) is 0.500. The van der Waals surface area contributed by atoms with E-state index >= 15 is 0 Å². The first-order chi connectivity index (χ1) is 14.8. The summed E-state index contributed by atoms with van der Waals surface area (Å²) in [7, 11) is 1.52. The highest BCUT2D eigenvalue weighted by atomic mass is 16.5. The van der Waals surface area contributed by atoms with Crippen LogP contribution in [0, 0.1) is 5.92 Å². The minimum atomic E-state index is -0.388. The van der Waals surface area contributed by atoms with Gasteiger partial charge in [0.1, 0.15) is 5.75 Å². The van der Waals surface area contributed by atoms with Crippen LogP contribution in [0.25, 0.3) is 0 Å². The minimum absolute atomic E-state index is 0.150. The van der Waals surface area contributed by atoms with E-state index in [0.29, 0.717) is 23.4 Å². The number of hydrogen-bond acceptors (Lipinski definition) is 5. The summed E-state index contributed by atoms with van der Waals surface area (Å²) in [5.74, 6) is -0.648. The van der Waals surface area contributed by atoms with Crippen molar-refractivity contribution in [3.8, 4) is 5.75 Å². The van der Waals surface area contributed by atoms with E-state index in [-0.39, 0.29) is 53.8 Å². The first-order valence-electron chi connectivity index (χ1n) is 10.0. The molecule has 1 aliphatic rings. The monoisotopic (exact) mass is 423 g/mol. The third kappa shape index (κ3) is 4.91. The summed E-state index contributed by atoms with van der Waals surface area (Å²) in [6.07, 6.45) is 0. The number of methoxy groups -OCH3 is 1. The maximum Gasteiger partial charge on any atom is 0.261 e. The Morgan fingerprint density at radius 3 is 2.13 bits per heavy atom. The normalized spacial score (nSPS) is 12.7. The second kappa shape index (κ2) is 9.42. The van der Waals surface area contributed by atoms with Crippen molar-refractivity contribution < 1.29 is 23.9 Å². The summed E-state index contributed by atoms with van der Waals surface area (Å²) >= 11 is 0. The fourth-order valence-corrected chi connectivity index (χ4v) is 3.28. The van der Waals surface area contributed by atoms with Crippen molar-refractivity contribution >= 4 is 23.6 Å². The van der Waals surface area contributed by atoms with Crippen LogP contribution < -0.4 is 15.4 Å². The van der Waals surface area contributed by atoms with Gasteiger partial charge in [0.25, 0.3) is 23.6 Å². The molecule has 0 atom stereocenters. The van der Waals surface area contributed by atoms with E-state index < -0.39 is 0 Å². The molecule has 1 aliphatic heterocycles. The fraction of sp³-hybridized carbons (Fsp3) is 0.304. The molecule has 0 spiro atoms. The van der Waals surface area contributed by atoms with E-state index in [2.05, 4.69) is 10.6 Å². The lowest BCUT2D eigenvalue weighted by Crippen LogP contribution is -2.34. The van der Waals surface area contributed by atoms with Crippen molar-refractivity contribution in [3.63, 3.8) is 0 Å². The van der Waals surface area contributed by atoms with E-state index in [1.165, 1.54) is 30.2 Å². The van der Waals surface area contributed by atoms with Crippen LogP contribution in [-0.4, -0.2) is 55.3 Å². The first kappa shape index (κ1) is 22.0. The number of nitrogens with zero attached hydrogens (tertiary/aromatic N) is 1. The predicted octanol–water partition coefficient (Wildman–Crippen LogP) is 2.11. The van der Waals surface area contributed by atoms with Gasteiger partial charge in [0, 0.05) is 30.8 Å². The van der Waals surface area contributed by atoms with Crippen LogP contribution in [0.3, 0.4) is 0 Å². The van der Waals surface area contributed by atoms with Crippen LogP contribution in [-0.2, 0) is 0 Å². The minimum Gasteiger partial charge on any atom is -0.497 e. The summed E-state index contributed by atoms with van der Waals surface area (Å²) in [6.45, 7) is 4.62. The van der Waals surface area contributed by atoms with Gasteiger partial charge < -0.3 is 15.4 Å². The number of imide groups is 1. The molecular weight excluding hydrogens is 398 g/mol. The molecule has 1 heterocycles. The lowest BCUT2D eigenvalue weighted by Gasteiger charge is -2.15. The summed E-state index contributed by atoms with van der Waals surface area (Å²) in [5, 5.41) is 5.42. The molecule has 0 aliphatic carbocycles. The molecule has 4 amide bonds. The van der Waals surface area contributed by atoms with Crippen molar-refractivity contribution in [1.82, 2.24) is 15.5 Å². The molecular formula is C23H25N3O5. The second-order valence-corrected chi connectivity index (χ2v) is 7.62. The highest BCUT2D eigenvalue weighted by molar-refractivity contribution is 6.22. The Morgan fingerprint density at radius 1 is 0.903 bits per heavy atom. The van der Waals surface area contributed by atoms with Gasteiger partial charge in [-0.3, -0.25) is 24.1 Å². The zero-order valence-electron chi connectivity index (χ0n) is 17.7. The van der Waals surface area contributed by atoms with Crippen LogP contribution in [0.5, 0.6) is 5.75 Å². The van der Waals surface area contributed by atoms with Crippen LogP contribution in [0.15, 0.2) is 42.5 Å². The molecule has 0 saturated carbocycles. The molecule has 2 aromatic rings. The highest BCUT2D eigenvalue weighted by Crippen LogP contribution is 2.24. The molecule has 31 heavy (non-hydrogen) atoms. The van der Waals surface area contributed by atoms with Crippen molar-refractivity contribution in [3.05, 3.63) is 64.7 Å². The molecule has 0 fully saturated rings. The predicted molar refractivity (Wildman–Crippen MR) is 114 cm³/mol. The number of carbonyl (C=O) groups is 4. The number of nitrogens with one attached hydrogen (secondary N) is 2. The Hall–Kier alpha value is -3.68. The molecule has 0 radical (unpaired) electrons. The molecule has 0 unspecified atom stereocenters. The number of hydrogen-bond donors (Lipinski definition) is 2. The van der Waals surface area contributed by atoms with Gasteiger partial charge in [0.15, 0.2) is 0 Å². The van der Waals surface area contributed by atoms with Crippen LogP contribution in [0.1, 0.15) is 55.3 Å². The number of fused-ring (bicyclic) bond motifs is 1. The lowest BCUT2D eigenvalue weighted by molar-refractivity contribution is 0.0635. The van der Waals surface area contributed by atoms with E-state index in [9.17, 15) is 19.2 Å². The summed E-state index contributed by atoms with van der Waals surface area (Å²) in [6, 6.07) is 11.2. The van der Waals surface area contributed by atoms with Crippen LogP contribution in [0.2, 0.25) is 0 Å². The van der Waals surface area contributed by atoms with Crippen molar-refractivity contribution in [2.24, 2.45) is 5.92 Å². The van der Waals surface area contributed by atoms with E-state index in [1.54, 1.807) is 24.3 Å². The van der Waals surface area contributed by atoms with Gasteiger partial charge in [0.2, 0.25) is 0 Å². The number of ether oxygens (including phenoxy) is 1. The molecule has 8 nitrogen and oxygen atoms in total. The molecule has 2 N–H and O–H groups in total. The molecule has 0 saturated heterocycles. The van der Waals surface area contributed by atoms with Gasteiger partial charge in [-0.25, -0.2) is 0 Å². The fourth-order valence-electron chi connectivity index (χ4n) is 3.28. The van der Waals surface area contributed by atoms with Gasteiger partial charge in [-0.15, -0.1) is 0 Å². The Kier molecular flexibility index (Phi) is 6.69. The van der Waals surface area contributed by atoms with Crippen molar-refractivity contribution in [2.75, 3.05) is 26.7 Å². The summed E-state index contributed by atoms with van der Waals surface area (Å²) in [5.41, 5.74) is 1.29. The Balaban J connectivity index is 1.55. The summed E-state index contributed by atoms with van der Waals surface area (Å²) in [4.78, 5) is 50.8. The highest BCUT2D eigenvalue weighted by Gasteiger charge is 2.36. The third-order valence-corrected chi connectivity index (χ3v) is 4.81. The molecule has 8 heteroatoms. The van der Waals surface area contributed by atoms with Crippen LogP contribution in [0.4, 0.5) is 0 Å². The lowest BCUT2D eigenvalue weighted by atomic mass is 10.1. The SMILES string of the molecule is COc1cccc(C(=O)NCCNC(=O)c2ccc3c(c2)C(=O)N(CC(C)C)C3=O)c1. The van der Waals surface area contributed by atoms with E-state index in [4.69, 9.17) is 4.74 Å². The number of rotatable bonds is 8. The Morgan fingerprint density at radius 2 is 1.52 bits per heavy atom. The van der Waals surface area contributed by atoms with E-state index in [1.807, 2.05) is 13.8 Å². The standard InChI is InChI=1S/C23H25N3O5/c1-14(2)13-26-22(29)18-8-7-16(12-19(18)23(26)30)21(28)25-10-9-24-20(27)15-5-4-6-17(11-15)31-3/h4-8,11-12,14H,9-10,13H2,1-3H3,(H,24,27)(H,25,28). The second-order valence-electron chi connectivity index (χ2n) is 7.62.